The lowest BCUT2D eigenvalue weighted by atomic mass is 10.2. The van der Waals surface area contributed by atoms with E-state index in [4.69, 9.17) is 16.9 Å². The second kappa shape index (κ2) is 7.43. The molecule has 0 atom stereocenters. The predicted molar refractivity (Wildman–Crippen MR) is 95.9 cm³/mol. The quantitative estimate of drug-likeness (QED) is 0.743. The van der Waals surface area contributed by atoms with E-state index in [0.29, 0.717) is 22.1 Å². The van der Waals surface area contributed by atoms with E-state index in [1.54, 1.807) is 48.5 Å². The molecule has 0 spiro atoms. The highest BCUT2D eigenvalue weighted by Gasteiger charge is 2.09. The van der Waals surface area contributed by atoms with Gasteiger partial charge < -0.3 is 10.6 Å². The molecule has 0 aliphatic heterocycles. The van der Waals surface area contributed by atoms with Gasteiger partial charge in [0, 0.05) is 16.4 Å². The van der Waals surface area contributed by atoms with Crippen LogP contribution in [0.3, 0.4) is 0 Å². The maximum absolute atomic E-state index is 12.2. The molecule has 2 N–H and O–H groups in total. The van der Waals surface area contributed by atoms with Gasteiger partial charge in [0.1, 0.15) is 0 Å². The van der Waals surface area contributed by atoms with E-state index in [-0.39, 0.29) is 11.6 Å². The third kappa shape index (κ3) is 4.31. The minimum Gasteiger partial charge on any atom is -0.339 e. The van der Waals surface area contributed by atoms with Crippen molar-refractivity contribution in [2.75, 3.05) is 10.6 Å². The summed E-state index contributed by atoms with van der Waals surface area (Å²) in [7, 11) is 0. The van der Waals surface area contributed by atoms with Gasteiger partial charge in [0.15, 0.2) is 11.5 Å². The molecule has 1 amide bonds. The minimum absolute atomic E-state index is 0.186. The van der Waals surface area contributed by atoms with Crippen molar-refractivity contribution < 1.29 is 4.79 Å². The number of hydrogen-bond donors (Lipinski definition) is 2. The minimum atomic E-state index is -0.379. The molecule has 1 heterocycles. The Morgan fingerprint density at radius 2 is 1.60 bits per heavy atom. The van der Waals surface area contributed by atoms with Crippen LogP contribution in [0.1, 0.15) is 16.1 Å². The SMILES string of the molecule is N#Cc1ccc(NC(=O)c2ccc(Nc3ccc(Cl)cc3)nn2)cc1. The molecule has 0 aliphatic rings. The third-order valence-electron chi connectivity index (χ3n) is 3.29. The van der Waals surface area contributed by atoms with Crippen LogP contribution in [0.2, 0.25) is 5.02 Å². The highest BCUT2D eigenvalue weighted by molar-refractivity contribution is 6.30. The van der Waals surface area contributed by atoms with Crippen molar-refractivity contribution in [3.8, 4) is 6.07 Å². The number of carbonyl (C=O) groups is 1. The van der Waals surface area contributed by atoms with Crippen LogP contribution in [0.15, 0.2) is 60.7 Å². The molecule has 0 saturated heterocycles. The van der Waals surface area contributed by atoms with Gasteiger partial charge in [0.05, 0.1) is 11.6 Å². The number of rotatable bonds is 4. The summed E-state index contributed by atoms with van der Waals surface area (Å²) in [6.45, 7) is 0. The molecule has 3 aromatic rings. The van der Waals surface area contributed by atoms with Crippen molar-refractivity contribution in [3.05, 3.63) is 76.9 Å². The number of nitrogens with one attached hydrogen (secondary N) is 2. The van der Waals surface area contributed by atoms with Crippen LogP contribution in [0.4, 0.5) is 17.2 Å². The fourth-order valence-corrected chi connectivity index (χ4v) is 2.15. The van der Waals surface area contributed by atoms with Crippen LogP contribution in [0.5, 0.6) is 0 Å². The van der Waals surface area contributed by atoms with Crippen LogP contribution in [0.25, 0.3) is 0 Å². The summed E-state index contributed by atoms with van der Waals surface area (Å²) >= 11 is 5.84. The Balaban J connectivity index is 1.65. The number of aromatic nitrogens is 2. The largest absolute Gasteiger partial charge is 0.339 e. The zero-order valence-corrected chi connectivity index (χ0v) is 13.7. The standard InChI is InChI=1S/C18H12ClN5O/c19-13-3-7-14(8-4-13)21-17-10-9-16(23-24-17)18(25)22-15-5-1-12(11-20)2-6-15/h1-10H,(H,21,24)(H,22,25). The Hall–Kier alpha value is -3.43. The molecule has 25 heavy (non-hydrogen) atoms. The van der Waals surface area contributed by atoms with E-state index in [2.05, 4.69) is 20.8 Å². The van der Waals surface area contributed by atoms with E-state index in [0.717, 1.165) is 5.69 Å². The van der Waals surface area contributed by atoms with Gasteiger partial charge in [-0.15, -0.1) is 10.2 Å². The molecule has 122 valence electrons. The topological polar surface area (TPSA) is 90.7 Å². The average molecular weight is 350 g/mol. The Morgan fingerprint density at radius 1 is 0.920 bits per heavy atom. The van der Waals surface area contributed by atoms with Crippen molar-refractivity contribution >= 4 is 34.7 Å². The Morgan fingerprint density at radius 3 is 2.20 bits per heavy atom. The number of nitrogens with zero attached hydrogens (tertiary/aromatic N) is 3. The Kier molecular flexibility index (Phi) is 4.88. The summed E-state index contributed by atoms with van der Waals surface area (Å²) < 4.78 is 0. The van der Waals surface area contributed by atoms with Crippen molar-refractivity contribution in [2.24, 2.45) is 0 Å². The van der Waals surface area contributed by atoms with Crippen molar-refractivity contribution in [1.29, 1.82) is 5.26 Å². The van der Waals surface area contributed by atoms with Gasteiger partial charge in [-0.3, -0.25) is 4.79 Å². The van der Waals surface area contributed by atoms with Crippen molar-refractivity contribution in [2.45, 2.75) is 0 Å². The smallest absolute Gasteiger partial charge is 0.276 e. The lowest BCUT2D eigenvalue weighted by Gasteiger charge is -2.07. The third-order valence-corrected chi connectivity index (χ3v) is 3.54. The molecule has 0 aliphatic carbocycles. The van der Waals surface area contributed by atoms with E-state index in [9.17, 15) is 4.79 Å². The summed E-state index contributed by atoms with van der Waals surface area (Å²) in [6.07, 6.45) is 0. The summed E-state index contributed by atoms with van der Waals surface area (Å²) in [5.41, 5.74) is 2.10. The summed E-state index contributed by atoms with van der Waals surface area (Å²) in [4.78, 5) is 12.2. The molecule has 0 bridgehead atoms. The van der Waals surface area contributed by atoms with Crippen LogP contribution in [0, 0.1) is 11.3 Å². The number of nitriles is 1. The second-order valence-electron chi connectivity index (χ2n) is 5.08. The van der Waals surface area contributed by atoms with E-state index >= 15 is 0 Å². The summed E-state index contributed by atoms with van der Waals surface area (Å²) in [6, 6.07) is 19.0. The van der Waals surface area contributed by atoms with Crippen LogP contribution in [-0.4, -0.2) is 16.1 Å². The van der Waals surface area contributed by atoms with Gasteiger partial charge in [-0.25, -0.2) is 0 Å². The van der Waals surface area contributed by atoms with Crippen molar-refractivity contribution in [1.82, 2.24) is 10.2 Å². The number of benzene rings is 2. The van der Waals surface area contributed by atoms with E-state index in [1.165, 1.54) is 0 Å². The first-order chi connectivity index (χ1) is 12.1. The Bertz CT molecular complexity index is 916. The van der Waals surface area contributed by atoms with E-state index < -0.39 is 0 Å². The molecular weight excluding hydrogens is 338 g/mol. The first kappa shape index (κ1) is 16.4. The zero-order valence-electron chi connectivity index (χ0n) is 12.9. The van der Waals surface area contributed by atoms with Crippen LogP contribution >= 0.6 is 11.6 Å². The predicted octanol–water partition coefficient (Wildman–Crippen LogP) is 4.00. The van der Waals surface area contributed by atoms with Gasteiger partial charge in [-0.2, -0.15) is 5.26 Å². The highest BCUT2D eigenvalue weighted by atomic mass is 35.5. The number of hydrogen-bond acceptors (Lipinski definition) is 5. The van der Waals surface area contributed by atoms with Gasteiger partial charge >= 0.3 is 0 Å². The van der Waals surface area contributed by atoms with Gasteiger partial charge in [0.2, 0.25) is 0 Å². The maximum Gasteiger partial charge on any atom is 0.276 e. The maximum atomic E-state index is 12.2. The highest BCUT2D eigenvalue weighted by Crippen LogP contribution is 2.17. The molecule has 1 aromatic heterocycles. The second-order valence-corrected chi connectivity index (χ2v) is 5.52. The van der Waals surface area contributed by atoms with Crippen LogP contribution < -0.4 is 10.6 Å². The molecule has 0 fully saturated rings. The molecule has 0 radical (unpaired) electrons. The number of amides is 1. The monoisotopic (exact) mass is 349 g/mol. The number of carbonyl (C=O) groups excluding carboxylic acids is 1. The Labute approximate surface area is 149 Å². The van der Waals surface area contributed by atoms with Gasteiger partial charge in [-0.05, 0) is 60.7 Å². The fraction of sp³-hybridized carbons (Fsp3) is 0. The molecule has 0 saturated carbocycles. The number of anilines is 3. The normalized spacial score (nSPS) is 9.92. The summed E-state index contributed by atoms with van der Waals surface area (Å²) in [5.74, 6) is 0.132. The zero-order chi connectivity index (χ0) is 17.6. The fourth-order valence-electron chi connectivity index (χ4n) is 2.02. The van der Waals surface area contributed by atoms with Crippen molar-refractivity contribution in [3.63, 3.8) is 0 Å². The molecule has 6 nitrogen and oxygen atoms in total. The average Bonchev–Trinajstić information content (AvgIpc) is 2.65. The van der Waals surface area contributed by atoms with Gasteiger partial charge in [-0.1, -0.05) is 11.6 Å². The molecule has 3 rings (SSSR count). The lowest BCUT2D eigenvalue weighted by molar-refractivity contribution is 0.102. The lowest BCUT2D eigenvalue weighted by Crippen LogP contribution is -2.14. The first-order valence-electron chi connectivity index (χ1n) is 7.32. The van der Waals surface area contributed by atoms with E-state index in [1.807, 2.05) is 18.2 Å². The molecule has 2 aromatic carbocycles. The molecule has 7 heteroatoms. The van der Waals surface area contributed by atoms with Gasteiger partial charge in [0.25, 0.3) is 5.91 Å². The molecular formula is C18H12ClN5O. The summed E-state index contributed by atoms with van der Waals surface area (Å²) in [5, 5.41) is 23.1. The van der Waals surface area contributed by atoms with Crippen LogP contribution in [-0.2, 0) is 0 Å². The first-order valence-corrected chi connectivity index (χ1v) is 7.70. The number of halogens is 1. The molecule has 0 unspecified atom stereocenters.